The summed E-state index contributed by atoms with van der Waals surface area (Å²) in [5.41, 5.74) is 3.27. The Balaban J connectivity index is 2.62. The Morgan fingerprint density at radius 2 is 1.65 bits per heavy atom. The molecule has 2 aromatic rings. The van der Waals surface area contributed by atoms with E-state index in [9.17, 15) is 14.4 Å². The van der Waals surface area contributed by atoms with E-state index >= 15 is 0 Å². The Kier molecular flexibility index (Phi) is 12.0. The summed E-state index contributed by atoms with van der Waals surface area (Å²) in [6.45, 7) is 17.5. The quantitative estimate of drug-likeness (QED) is 0.292. The topological polar surface area (TPSA) is 87.7 Å². The molecule has 2 rings (SSSR count). The van der Waals surface area contributed by atoms with Crippen LogP contribution >= 0.6 is 11.6 Å². The van der Waals surface area contributed by atoms with Crippen molar-refractivity contribution in [1.29, 1.82) is 0 Å². The molecular formula is C32H46ClN3O4. The van der Waals surface area contributed by atoms with Crippen molar-refractivity contribution in [1.82, 2.24) is 10.2 Å². The number of benzene rings is 2. The maximum absolute atomic E-state index is 14.3. The smallest absolute Gasteiger partial charge is 0.408 e. The summed E-state index contributed by atoms with van der Waals surface area (Å²) in [6, 6.07) is 9.50. The molecule has 7 nitrogen and oxygen atoms in total. The van der Waals surface area contributed by atoms with E-state index in [0.717, 1.165) is 23.1 Å². The fraction of sp³-hybridized carbons (Fsp3) is 0.531. The number of alkyl carbamates (subject to hydrolysis) is 1. The SMILES string of the molecule is CCCCN(C(=O)C(CC(C)C)NC(=O)OC(C)(C)C)C(C(=O)Nc1c(C)cccc1Cl)c1cc(C)cc(C)c1. The fourth-order valence-electron chi connectivity index (χ4n) is 4.66. The van der Waals surface area contributed by atoms with Gasteiger partial charge in [-0.25, -0.2) is 4.79 Å². The van der Waals surface area contributed by atoms with Gasteiger partial charge >= 0.3 is 6.09 Å². The van der Waals surface area contributed by atoms with Crippen molar-refractivity contribution in [2.75, 3.05) is 11.9 Å². The molecule has 0 spiro atoms. The molecule has 2 N–H and O–H groups in total. The monoisotopic (exact) mass is 571 g/mol. The van der Waals surface area contributed by atoms with Crippen molar-refractivity contribution in [3.8, 4) is 0 Å². The van der Waals surface area contributed by atoms with Crippen molar-refractivity contribution < 1.29 is 19.1 Å². The summed E-state index contributed by atoms with van der Waals surface area (Å²) in [7, 11) is 0. The standard InChI is InChI=1S/C32H46ClN3O4/c1-10-11-15-36(30(38)26(16-20(2)3)34-31(39)40-32(7,8)9)28(24-18-21(4)17-22(5)19-24)29(37)35-27-23(6)13-12-14-25(27)33/h12-14,17-20,26,28H,10-11,15-16H2,1-9H3,(H,34,39)(H,35,37). The zero-order valence-electron chi connectivity index (χ0n) is 25.5. The molecular weight excluding hydrogens is 526 g/mol. The van der Waals surface area contributed by atoms with Gasteiger partial charge in [-0.1, -0.05) is 80.3 Å². The van der Waals surface area contributed by atoms with Crippen molar-refractivity contribution in [3.05, 3.63) is 63.7 Å². The first-order chi connectivity index (χ1) is 18.6. The zero-order chi connectivity index (χ0) is 30.2. The average Bonchev–Trinajstić information content (AvgIpc) is 2.81. The van der Waals surface area contributed by atoms with Crippen LogP contribution in [-0.4, -0.2) is 41.0 Å². The third-order valence-electron chi connectivity index (χ3n) is 6.32. The molecule has 220 valence electrons. The number of aryl methyl sites for hydroxylation is 3. The van der Waals surface area contributed by atoms with E-state index in [1.54, 1.807) is 31.7 Å². The van der Waals surface area contributed by atoms with Crippen LogP contribution in [0.3, 0.4) is 0 Å². The van der Waals surface area contributed by atoms with Gasteiger partial charge in [-0.3, -0.25) is 9.59 Å². The van der Waals surface area contributed by atoms with E-state index in [2.05, 4.69) is 10.6 Å². The van der Waals surface area contributed by atoms with Gasteiger partial charge in [0.2, 0.25) is 5.91 Å². The van der Waals surface area contributed by atoms with Crippen molar-refractivity contribution in [2.24, 2.45) is 5.92 Å². The minimum atomic E-state index is -0.941. The highest BCUT2D eigenvalue weighted by molar-refractivity contribution is 6.34. The first kappa shape index (κ1) is 33.1. The minimum absolute atomic E-state index is 0.108. The molecule has 0 saturated carbocycles. The summed E-state index contributed by atoms with van der Waals surface area (Å²) in [5, 5.41) is 6.21. The van der Waals surface area contributed by atoms with Crippen molar-refractivity contribution in [2.45, 2.75) is 99.3 Å². The summed E-state index contributed by atoms with van der Waals surface area (Å²) in [5.74, 6) is -0.592. The maximum atomic E-state index is 14.3. The third kappa shape index (κ3) is 9.84. The van der Waals surface area contributed by atoms with Gasteiger partial charge in [-0.05, 0) is 77.5 Å². The van der Waals surface area contributed by atoms with Gasteiger partial charge in [0, 0.05) is 6.54 Å². The highest BCUT2D eigenvalue weighted by Crippen LogP contribution is 2.31. The van der Waals surface area contributed by atoms with Gasteiger partial charge in [0.05, 0.1) is 10.7 Å². The first-order valence-corrected chi connectivity index (χ1v) is 14.4. The Bertz CT molecular complexity index is 1150. The van der Waals surface area contributed by atoms with Crippen LogP contribution in [0.2, 0.25) is 5.02 Å². The lowest BCUT2D eigenvalue weighted by atomic mass is 9.96. The molecule has 0 aromatic heterocycles. The molecule has 8 heteroatoms. The molecule has 2 aromatic carbocycles. The van der Waals surface area contributed by atoms with Crippen LogP contribution in [0.1, 0.15) is 89.1 Å². The van der Waals surface area contributed by atoms with E-state index in [0.29, 0.717) is 35.7 Å². The molecule has 0 heterocycles. The minimum Gasteiger partial charge on any atom is -0.444 e. The van der Waals surface area contributed by atoms with Crippen LogP contribution in [0, 0.1) is 26.7 Å². The number of ether oxygens (including phenoxy) is 1. The molecule has 2 unspecified atom stereocenters. The summed E-state index contributed by atoms with van der Waals surface area (Å²) in [6.07, 6.45) is 1.24. The fourth-order valence-corrected chi connectivity index (χ4v) is 4.93. The molecule has 40 heavy (non-hydrogen) atoms. The first-order valence-electron chi connectivity index (χ1n) is 14.1. The van der Waals surface area contributed by atoms with Crippen LogP contribution in [-0.2, 0) is 14.3 Å². The van der Waals surface area contributed by atoms with Crippen LogP contribution in [0.25, 0.3) is 0 Å². The largest absolute Gasteiger partial charge is 0.444 e. The Hall–Kier alpha value is -3.06. The maximum Gasteiger partial charge on any atom is 0.408 e. The number of rotatable bonds is 11. The second kappa shape index (κ2) is 14.5. The van der Waals surface area contributed by atoms with E-state index in [-0.39, 0.29) is 17.7 Å². The van der Waals surface area contributed by atoms with Crippen molar-refractivity contribution in [3.63, 3.8) is 0 Å². The molecule has 0 saturated heterocycles. The van der Waals surface area contributed by atoms with E-state index in [4.69, 9.17) is 16.3 Å². The molecule has 0 bridgehead atoms. The van der Waals surface area contributed by atoms with E-state index in [1.807, 2.05) is 71.9 Å². The van der Waals surface area contributed by atoms with Crippen LogP contribution in [0.4, 0.5) is 10.5 Å². The van der Waals surface area contributed by atoms with Gasteiger partial charge in [0.25, 0.3) is 5.91 Å². The van der Waals surface area contributed by atoms with E-state index in [1.165, 1.54) is 0 Å². The predicted octanol–water partition coefficient (Wildman–Crippen LogP) is 7.51. The molecule has 0 aliphatic rings. The molecule has 0 aliphatic heterocycles. The van der Waals surface area contributed by atoms with Crippen molar-refractivity contribution >= 4 is 35.2 Å². The highest BCUT2D eigenvalue weighted by atomic mass is 35.5. The predicted molar refractivity (Wildman–Crippen MR) is 163 cm³/mol. The Morgan fingerprint density at radius 1 is 1.02 bits per heavy atom. The molecule has 2 atom stereocenters. The Morgan fingerprint density at radius 3 is 2.17 bits per heavy atom. The number of nitrogens with one attached hydrogen (secondary N) is 2. The number of carbonyl (C=O) groups excluding carboxylic acids is 3. The number of unbranched alkanes of at least 4 members (excludes halogenated alkanes) is 1. The number of hydrogen-bond acceptors (Lipinski definition) is 4. The lowest BCUT2D eigenvalue weighted by molar-refractivity contribution is -0.141. The highest BCUT2D eigenvalue weighted by Gasteiger charge is 2.37. The number of halogens is 1. The molecule has 3 amide bonds. The van der Waals surface area contributed by atoms with Gasteiger partial charge in [-0.15, -0.1) is 0 Å². The second-order valence-corrected chi connectivity index (χ2v) is 12.4. The molecule has 0 radical (unpaired) electrons. The number of anilines is 1. The molecule has 0 aliphatic carbocycles. The average molecular weight is 572 g/mol. The zero-order valence-corrected chi connectivity index (χ0v) is 26.2. The van der Waals surface area contributed by atoms with Gasteiger partial charge in [0.15, 0.2) is 0 Å². The molecule has 0 fully saturated rings. The van der Waals surface area contributed by atoms with Gasteiger partial charge in [-0.2, -0.15) is 0 Å². The lowest BCUT2D eigenvalue weighted by Gasteiger charge is -2.35. The number of amides is 3. The third-order valence-corrected chi connectivity index (χ3v) is 6.64. The number of carbonyl (C=O) groups is 3. The number of para-hydroxylation sites is 1. The van der Waals surface area contributed by atoms with Gasteiger partial charge < -0.3 is 20.3 Å². The van der Waals surface area contributed by atoms with E-state index < -0.39 is 23.8 Å². The summed E-state index contributed by atoms with van der Waals surface area (Å²) < 4.78 is 5.48. The summed E-state index contributed by atoms with van der Waals surface area (Å²) in [4.78, 5) is 42.8. The van der Waals surface area contributed by atoms with Crippen LogP contribution in [0.5, 0.6) is 0 Å². The summed E-state index contributed by atoms with van der Waals surface area (Å²) >= 11 is 6.46. The number of nitrogens with zero attached hydrogens (tertiary/aromatic N) is 1. The second-order valence-electron chi connectivity index (χ2n) is 12.0. The van der Waals surface area contributed by atoms with Crippen LogP contribution in [0.15, 0.2) is 36.4 Å². The number of hydrogen-bond donors (Lipinski definition) is 2. The normalized spacial score (nSPS) is 13.0. The Labute approximate surface area is 245 Å². The lowest BCUT2D eigenvalue weighted by Crippen LogP contribution is -2.53. The van der Waals surface area contributed by atoms with Crippen LogP contribution < -0.4 is 10.6 Å². The van der Waals surface area contributed by atoms with Gasteiger partial charge in [0.1, 0.15) is 17.7 Å².